The van der Waals surface area contributed by atoms with Crippen LogP contribution in [0.15, 0.2) is 24.3 Å². The molecule has 2 nitrogen and oxygen atoms in total. The molecule has 0 aliphatic carbocycles. The van der Waals surface area contributed by atoms with Crippen molar-refractivity contribution in [3.63, 3.8) is 0 Å². The predicted octanol–water partition coefficient (Wildman–Crippen LogP) is 3.34. The molecular formula is C13H18O2. The van der Waals surface area contributed by atoms with E-state index in [1.807, 2.05) is 24.3 Å². The standard InChI is InChI=1S/C13H18O2/c1-3-4-5-8-12-9-6-7-10-13(12)15-11(2)14/h6-7,9-10H,3-5,8H2,1-2H3. The van der Waals surface area contributed by atoms with E-state index < -0.39 is 0 Å². The first-order valence-electron chi connectivity index (χ1n) is 5.50. The van der Waals surface area contributed by atoms with E-state index in [0.717, 1.165) is 18.4 Å². The Bertz CT molecular complexity index is 318. The van der Waals surface area contributed by atoms with Gasteiger partial charge in [0.25, 0.3) is 0 Å². The quantitative estimate of drug-likeness (QED) is 0.419. The maximum absolute atomic E-state index is 10.9. The van der Waals surface area contributed by atoms with Gasteiger partial charge in [0.1, 0.15) is 5.75 Å². The van der Waals surface area contributed by atoms with Crippen molar-refractivity contribution in [1.82, 2.24) is 0 Å². The molecule has 0 atom stereocenters. The molecule has 0 amide bonds. The lowest BCUT2D eigenvalue weighted by Gasteiger charge is -2.07. The van der Waals surface area contributed by atoms with Gasteiger partial charge in [0.15, 0.2) is 0 Å². The van der Waals surface area contributed by atoms with Gasteiger partial charge in [0.05, 0.1) is 0 Å². The molecule has 82 valence electrons. The molecule has 1 aromatic rings. The fourth-order valence-corrected chi connectivity index (χ4v) is 1.53. The Morgan fingerprint density at radius 2 is 2.00 bits per heavy atom. The van der Waals surface area contributed by atoms with Gasteiger partial charge >= 0.3 is 5.97 Å². The summed E-state index contributed by atoms with van der Waals surface area (Å²) in [5, 5.41) is 0. The molecule has 2 heteroatoms. The number of carbonyl (C=O) groups excluding carboxylic acids is 1. The molecular weight excluding hydrogens is 188 g/mol. The van der Waals surface area contributed by atoms with Crippen molar-refractivity contribution in [2.24, 2.45) is 0 Å². The van der Waals surface area contributed by atoms with Crippen molar-refractivity contribution < 1.29 is 9.53 Å². The normalized spacial score (nSPS) is 10.0. The van der Waals surface area contributed by atoms with Crippen molar-refractivity contribution >= 4 is 5.97 Å². The molecule has 0 bridgehead atoms. The third-order valence-corrected chi connectivity index (χ3v) is 2.28. The smallest absolute Gasteiger partial charge is 0.308 e. The van der Waals surface area contributed by atoms with E-state index >= 15 is 0 Å². The highest BCUT2D eigenvalue weighted by molar-refractivity contribution is 5.69. The zero-order valence-corrected chi connectivity index (χ0v) is 9.45. The van der Waals surface area contributed by atoms with Crippen LogP contribution in [-0.2, 0) is 11.2 Å². The van der Waals surface area contributed by atoms with Crippen molar-refractivity contribution in [1.29, 1.82) is 0 Å². The topological polar surface area (TPSA) is 26.3 Å². The number of rotatable bonds is 5. The summed E-state index contributed by atoms with van der Waals surface area (Å²) >= 11 is 0. The number of para-hydroxylation sites is 1. The maximum atomic E-state index is 10.9. The molecule has 0 fully saturated rings. The fourth-order valence-electron chi connectivity index (χ4n) is 1.53. The minimum absolute atomic E-state index is 0.252. The first-order chi connectivity index (χ1) is 7.24. The number of ether oxygens (including phenoxy) is 1. The lowest BCUT2D eigenvalue weighted by molar-refractivity contribution is -0.131. The Hall–Kier alpha value is -1.31. The van der Waals surface area contributed by atoms with Gasteiger partial charge in [-0.25, -0.2) is 0 Å². The van der Waals surface area contributed by atoms with Gasteiger partial charge in [-0.15, -0.1) is 0 Å². The average molecular weight is 206 g/mol. The summed E-state index contributed by atoms with van der Waals surface area (Å²) < 4.78 is 5.14. The summed E-state index contributed by atoms with van der Waals surface area (Å²) in [5.74, 6) is 0.457. The summed E-state index contributed by atoms with van der Waals surface area (Å²) in [6.45, 7) is 3.61. The Morgan fingerprint density at radius 1 is 1.27 bits per heavy atom. The Morgan fingerprint density at radius 3 is 2.67 bits per heavy atom. The molecule has 0 N–H and O–H groups in total. The van der Waals surface area contributed by atoms with E-state index in [0.29, 0.717) is 5.75 Å². The van der Waals surface area contributed by atoms with Gasteiger partial charge in [-0.1, -0.05) is 38.0 Å². The average Bonchev–Trinajstić information content (AvgIpc) is 2.20. The van der Waals surface area contributed by atoms with Crippen LogP contribution in [0.1, 0.15) is 38.7 Å². The zero-order valence-electron chi connectivity index (χ0n) is 9.45. The number of carbonyl (C=O) groups is 1. The molecule has 0 aromatic heterocycles. The molecule has 1 aromatic carbocycles. The summed E-state index contributed by atoms with van der Waals surface area (Å²) in [4.78, 5) is 10.9. The van der Waals surface area contributed by atoms with Crippen LogP contribution in [0.2, 0.25) is 0 Å². The van der Waals surface area contributed by atoms with Gasteiger partial charge in [-0.2, -0.15) is 0 Å². The van der Waals surface area contributed by atoms with E-state index in [4.69, 9.17) is 4.74 Å². The van der Waals surface area contributed by atoms with Crippen LogP contribution >= 0.6 is 0 Å². The molecule has 0 aliphatic heterocycles. The molecule has 0 radical (unpaired) electrons. The van der Waals surface area contributed by atoms with E-state index in [2.05, 4.69) is 6.92 Å². The Kier molecular flexibility index (Phi) is 4.88. The van der Waals surface area contributed by atoms with E-state index in [1.165, 1.54) is 19.8 Å². The van der Waals surface area contributed by atoms with Crippen molar-refractivity contribution in [3.8, 4) is 5.75 Å². The van der Waals surface area contributed by atoms with E-state index in [-0.39, 0.29) is 5.97 Å². The van der Waals surface area contributed by atoms with Crippen molar-refractivity contribution in [2.45, 2.75) is 39.5 Å². The van der Waals surface area contributed by atoms with Crippen LogP contribution in [0.4, 0.5) is 0 Å². The van der Waals surface area contributed by atoms with Crippen LogP contribution in [0, 0.1) is 0 Å². The van der Waals surface area contributed by atoms with Crippen LogP contribution in [0.25, 0.3) is 0 Å². The number of benzene rings is 1. The summed E-state index contributed by atoms with van der Waals surface area (Å²) in [6, 6.07) is 7.74. The first kappa shape index (κ1) is 11.8. The maximum Gasteiger partial charge on any atom is 0.308 e. The first-order valence-corrected chi connectivity index (χ1v) is 5.50. The molecule has 0 saturated carbocycles. The van der Waals surface area contributed by atoms with Crippen LogP contribution in [0.5, 0.6) is 5.75 Å². The zero-order chi connectivity index (χ0) is 11.1. The molecule has 1 rings (SSSR count). The highest BCUT2D eigenvalue weighted by Crippen LogP contribution is 2.20. The minimum atomic E-state index is -0.252. The van der Waals surface area contributed by atoms with Crippen LogP contribution in [0.3, 0.4) is 0 Å². The van der Waals surface area contributed by atoms with Crippen LogP contribution in [-0.4, -0.2) is 5.97 Å². The largest absolute Gasteiger partial charge is 0.426 e. The number of hydrogen-bond donors (Lipinski definition) is 0. The molecule has 0 saturated heterocycles. The molecule has 0 aliphatic rings. The lowest BCUT2D eigenvalue weighted by Crippen LogP contribution is -2.03. The monoisotopic (exact) mass is 206 g/mol. The van der Waals surface area contributed by atoms with Crippen LogP contribution < -0.4 is 4.74 Å². The number of hydrogen-bond acceptors (Lipinski definition) is 2. The van der Waals surface area contributed by atoms with Gasteiger partial charge in [0.2, 0.25) is 0 Å². The lowest BCUT2D eigenvalue weighted by atomic mass is 10.1. The SMILES string of the molecule is CCCCCc1ccccc1OC(C)=O. The molecule has 15 heavy (non-hydrogen) atoms. The van der Waals surface area contributed by atoms with Gasteiger partial charge in [-0.3, -0.25) is 4.79 Å². The fraction of sp³-hybridized carbons (Fsp3) is 0.462. The van der Waals surface area contributed by atoms with E-state index in [1.54, 1.807) is 0 Å². The van der Waals surface area contributed by atoms with E-state index in [9.17, 15) is 4.79 Å². The highest BCUT2D eigenvalue weighted by Gasteiger charge is 2.04. The number of aryl methyl sites for hydroxylation is 1. The second kappa shape index (κ2) is 6.23. The minimum Gasteiger partial charge on any atom is -0.426 e. The molecule has 0 unspecified atom stereocenters. The predicted molar refractivity (Wildman–Crippen MR) is 61.0 cm³/mol. The number of esters is 1. The second-order valence-corrected chi connectivity index (χ2v) is 3.66. The third-order valence-electron chi connectivity index (χ3n) is 2.28. The van der Waals surface area contributed by atoms with Gasteiger partial charge in [0, 0.05) is 6.92 Å². The Balaban J connectivity index is 2.64. The molecule has 0 spiro atoms. The van der Waals surface area contributed by atoms with Gasteiger partial charge < -0.3 is 4.74 Å². The van der Waals surface area contributed by atoms with Crippen molar-refractivity contribution in [3.05, 3.63) is 29.8 Å². The second-order valence-electron chi connectivity index (χ2n) is 3.66. The summed E-state index contributed by atoms with van der Waals surface area (Å²) in [7, 11) is 0. The summed E-state index contributed by atoms with van der Waals surface area (Å²) in [5.41, 5.74) is 1.13. The highest BCUT2D eigenvalue weighted by atomic mass is 16.5. The summed E-state index contributed by atoms with van der Waals surface area (Å²) in [6.07, 6.45) is 4.55. The molecule has 0 heterocycles. The van der Waals surface area contributed by atoms with Gasteiger partial charge in [-0.05, 0) is 24.5 Å². The number of unbranched alkanes of at least 4 members (excludes halogenated alkanes) is 2. The van der Waals surface area contributed by atoms with Crippen molar-refractivity contribution in [2.75, 3.05) is 0 Å². The third kappa shape index (κ3) is 4.15. The Labute approximate surface area is 91.3 Å².